The lowest BCUT2D eigenvalue weighted by Gasteiger charge is -2.23. The molecule has 0 aromatic heterocycles. The van der Waals surface area contributed by atoms with Crippen LogP contribution in [0.3, 0.4) is 0 Å². The Labute approximate surface area is 135 Å². The Balaban J connectivity index is 1.60. The minimum absolute atomic E-state index is 0.643. The van der Waals surface area contributed by atoms with Crippen molar-refractivity contribution in [1.29, 1.82) is 0 Å². The van der Waals surface area contributed by atoms with Gasteiger partial charge in [0, 0.05) is 19.7 Å². The Morgan fingerprint density at radius 2 is 2.18 bits per heavy atom. The summed E-state index contributed by atoms with van der Waals surface area (Å²) in [6.45, 7) is 7.54. The van der Waals surface area contributed by atoms with Crippen molar-refractivity contribution in [2.45, 2.75) is 32.2 Å². The molecule has 1 saturated heterocycles. The minimum Gasteiger partial charge on any atom is -0.383 e. The molecule has 0 bridgehead atoms. The van der Waals surface area contributed by atoms with E-state index in [-0.39, 0.29) is 0 Å². The zero-order valence-corrected chi connectivity index (χ0v) is 14.1. The van der Waals surface area contributed by atoms with Gasteiger partial charge in [-0.1, -0.05) is 42.0 Å². The van der Waals surface area contributed by atoms with Gasteiger partial charge in [0.1, 0.15) is 0 Å². The fraction of sp³-hybridized carbons (Fsp3) is 0.579. The molecule has 1 aliphatic heterocycles. The molecule has 1 unspecified atom stereocenters. The molecule has 0 spiro atoms. The smallest absolute Gasteiger partial charge is 0.0618 e. The monoisotopic (exact) mass is 302 g/mol. The number of benzene rings is 1. The third kappa shape index (κ3) is 5.91. The highest BCUT2D eigenvalue weighted by molar-refractivity contribution is 5.52. The van der Waals surface area contributed by atoms with Gasteiger partial charge in [-0.3, -0.25) is 4.90 Å². The van der Waals surface area contributed by atoms with Crippen molar-refractivity contribution in [2.75, 3.05) is 39.9 Å². The van der Waals surface area contributed by atoms with Gasteiger partial charge in [-0.2, -0.15) is 0 Å². The average molecular weight is 302 g/mol. The maximum absolute atomic E-state index is 5.31. The van der Waals surface area contributed by atoms with Crippen LogP contribution in [0.15, 0.2) is 35.9 Å². The van der Waals surface area contributed by atoms with Gasteiger partial charge in [0.25, 0.3) is 0 Å². The molecule has 1 atom stereocenters. The van der Waals surface area contributed by atoms with E-state index in [1.165, 1.54) is 43.5 Å². The number of hydrogen-bond donors (Lipinski definition) is 1. The van der Waals surface area contributed by atoms with Gasteiger partial charge in [-0.15, -0.1) is 0 Å². The summed E-state index contributed by atoms with van der Waals surface area (Å²) in [5, 5.41) is 3.55. The lowest BCUT2D eigenvalue weighted by Crippen LogP contribution is -2.35. The van der Waals surface area contributed by atoms with E-state index in [0.717, 1.165) is 19.7 Å². The first-order valence-corrected chi connectivity index (χ1v) is 8.45. The molecular weight excluding hydrogens is 272 g/mol. The van der Waals surface area contributed by atoms with Crippen LogP contribution >= 0.6 is 0 Å². The molecule has 1 aromatic rings. The van der Waals surface area contributed by atoms with Crippen LogP contribution in [0.1, 0.15) is 31.7 Å². The van der Waals surface area contributed by atoms with Crippen molar-refractivity contribution in [3.8, 4) is 0 Å². The van der Waals surface area contributed by atoms with Crippen molar-refractivity contribution in [3.63, 3.8) is 0 Å². The number of hydrogen-bond acceptors (Lipinski definition) is 3. The standard InChI is InChI=1S/C19H30N2O/c1-17(14-18-8-4-3-5-9-18)15-20-11-7-13-21-12-6-10-19(21)16-22-2/h3-5,8-9,14,19-20H,6-7,10-13,15-16H2,1-2H3/b17-14+. The number of likely N-dealkylation sites (tertiary alicyclic amines) is 1. The van der Waals surface area contributed by atoms with Crippen LogP contribution in [0.4, 0.5) is 0 Å². The van der Waals surface area contributed by atoms with Crippen LogP contribution in [-0.2, 0) is 4.74 Å². The maximum Gasteiger partial charge on any atom is 0.0618 e. The first-order chi connectivity index (χ1) is 10.8. The van der Waals surface area contributed by atoms with Crippen LogP contribution in [0.25, 0.3) is 6.08 Å². The average Bonchev–Trinajstić information content (AvgIpc) is 2.96. The largest absolute Gasteiger partial charge is 0.383 e. The van der Waals surface area contributed by atoms with Gasteiger partial charge in [0.15, 0.2) is 0 Å². The summed E-state index contributed by atoms with van der Waals surface area (Å²) in [5.41, 5.74) is 2.66. The summed E-state index contributed by atoms with van der Waals surface area (Å²) in [6, 6.07) is 11.2. The molecule has 1 N–H and O–H groups in total. The Kier molecular flexibility index (Phi) is 7.64. The maximum atomic E-state index is 5.31. The second kappa shape index (κ2) is 9.78. The molecule has 1 heterocycles. The zero-order valence-electron chi connectivity index (χ0n) is 14.1. The minimum atomic E-state index is 0.643. The third-order valence-electron chi connectivity index (χ3n) is 4.27. The van der Waals surface area contributed by atoms with E-state index in [9.17, 15) is 0 Å². The summed E-state index contributed by atoms with van der Waals surface area (Å²) in [7, 11) is 1.81. The summed E-state index contributed by atoms with van der Waals surface area (Å²) in [4.78, 5) is 2.58. The number of ether oxygens (including phenoxy) is 1. The molecule has 1 aromatic carbocycles. The van der Waals surface area contributed by atoms with Crippen LogP contribution < -0.4 is 5.32 Å². The molecule has 1 aliphatic rings. The molecule has 22 heavy (non-hydrogen) atoms. The summed E-state index contributed by atoms with van der Waals surface area (Å²) < 4.78 is 5.31. The van der Waals surface area contributed by atoms with Gasteiger partial charge < -0.3 is 10.1 Å². The molecule has 0 radical (unpaired) electrons. The van der Waals surface area contributed by atoms with Crippen LogP contribution in [0.5, 0.6) is 0 Å². The molecule has 122 valence electrons. The van der Waals surface area contributed by atoms with Crippen molar-refractivity contribution in [2.24, 2.45) is 0 Å². The van der Waals surface area contributed by atoms with E-state index in [1.54, 1.807) is 7.11 Å². The van der Waals surface area contributed by atoms with Gasteiger partial charge in [-0.25, -0.2) is 0 Å². The quantitative estimate of drug-likeness (QED) is 0.709. The van der Waals surface area contributed by atoms with E-state index < -0.39 is 0 Å². The van der Waals surface area contributed by atoms with Gasteiger partial charge >= 0.3 is 0 Å². The van der Waals surface area contributed by atoms with E-state index >= 15 is 0 Å². The normalized spacial score (nSPS) is 19.7. The highest BCUT2D eigenvalue weighted by atomic mass is 16.5. The molecule has 1 fully saturated rings. The highest BCUT2D eigenvalue weighted by Gasteiger charge is 2.23. The third-order valence-corrected chi connectivity index (χ3v) is 4.27. The topological polar surface area (TPSA) is 24.5 Å². The second-order valence-electron chi connectivity index (χ2n) is 6.22. The molecule has 0 saturated carbocycles. The fourth-order valence-corrected chi connectivity index (χ4v) is 3.15. The summed E-state index contributed by atoms with van der Waals surface area (Å²) in [5.74, 6) is 0. The number of nitrogens with zero attached hydrogens (tertiary/aromatic N) is 1. The lowest BCUT2D eigenvalue weighted by molar-refractivity contribution is 0.115. The van der Waals surface area contributed by atoms with E-state index in [2.05, 4.69) is 53.5 Å². The summed E-state index contributed by atoms with van der Waals surface area (Å²) in [6.07, 6.45) is 6.07. The summed E-state index contributed by atoms with van der Waals surface area (Å²) >= 11 is 0. The van der Waals surface area contributed by atoms with Gasteiger partial charge in [0.05, 0.1) is 6.61 Å². The Morgan fingerprint density at radius 3 is 2.95 bits per heavy atom. The van der Waals surface area contributed by atoms with Crippen molar-refractivity contribution < 1.29 is 4.74 Å². The predicted molar refractivity (Wildman–Crippen MR) is 94.1 cm³/mol. The lowest BCUT2D eigenvalue weighted by atomic mass is 10.1. The SMILES string of the molecule is COCC1CCCN1CCCNC/C(C)=C/c1ccccc1. The van der Waals surface area contributed by atoms with E-state index in [0.29, 0.717) is 6.04 Å². The van der Waals surface area contributed by atoms with Gasteiger partial charge in [-0.05, 0) is 51.4 Å². The fourth-order valence-electron chi connectivity index (χ4n) is 3.15. The van der Waals surface area contributed by atoms with E-state index in [4.69, 9.17) is 4.74 Å². The van der Waals surface area contributed by atoms with Crippen LogP contribution in [0.2, 0.25) is 0 Å². The number of methoxy groups -OCH3 is 1. The first kappa shape index (κ1) is 17.2. The molecule has 0 amide bonds. The molecule has 3 nitrogen and oxygen atoms in total. The Bertz CT molecular complexity index is 444. The predicted octanol–water partition coefficient (Wildman–Crippen LogP) is 3.18. The zero-order chi connectivity index (χ0) is 15.6. The number of nitrogens with one attached hydrogen (secondary N) is 1. The van der Waals surface area contributed by atoms with Crippen molar-refractivity contribution >= 4 is 6.08 Å². The van der Waals surface area contributed by atoms with Crippen LogP contribution in [0, 0.1) is 0 Å². The number of rotatable bonds is 9. The molecule has 3 heteroatoms. The Hall–Kier alpha value is -1.16. The van der Waals surface area contributed by atoms with Crippen molar-refractivity contribution in [1.82, 2.24) is 10.2 Å². The highest BCUT2D eigenvalue weighted by Crippen LogP contribution is 2.17. The van der Waals surface area contributed by atoms with E-state index in [1.807, 2.05) is 0 Å². The van der Waals surface area contributed by atoms with Crippen molar-refractivity contribution in [3.05, 3.63) is 41.5 Å². The molecule has 2 rings (SSSR count). The van der Waals surface area contributed by atoms with Crippen LogP contribution in [-0.4, -0.2) is 50.8 Å². The molecule has 0 aliphatic carbocycles. The molecular formula is C19H30N2O. The first-order valence-electron chi connectivity index (χ1n) is 8.45. The Morgan fingerprint density at radius 1 is 1.36 bits per heavy atom. The second-order valence-corrected chi connectivity index (χ2v) is 6.22. The van der Waals surface area contributed by atoms with Gasteiger partial charge in [0.2, 0.25) is 0 Å².